The zero-order valence-corrected chi connectivity index (χ0v) is 15.6. The molecule has 0 saturated carbocycles. The molecule has 0 aromatic heterocycles. The van der Waals surface area contributed by atoms with Gasteiger partial charge in [-0.3, -0.25) is 19.9 Å². The van der Waals surface area contributed by atoms with Crippen LogP contribution in [0.25, 0.3) is 0 Å². The number of nitrogens with one attached hydrogen (secondary N) is 1. The number of amides is 3. The monoisotopic (exact) mass is 373 g/mol. The number of urea groups is 1. The molecule has 27 heavy (non-hydrogen) atoms. The van der Waals surface area contributed by atoms with Crippen LogP contribution in [0.15, 0.2) is 36.4 Å². The third kappa shape index (κ3) is 2.89. The number of fused-ring (bicyclic) bond motifs is 3. The fourth-order valence-corrected chi connectivity index (χ4v) is 4.23. The second-order valence-corrected chi connectivity index (χ2v) is 7.47. The van der Waals surface area contributed by atoms with Gasteiger partial charge in [-0.2, -0.15) is 0 Å². The summed E-state index contributed by atoms with van der Waals surface area (Å²) in [5, 5.41) is 3.44. The lowest BCUT2D eigenvalue weighted by atomic mass is 10.1. The van der Waals surface area contributed by atoms with E-state index in [0.29, 0.717) is 0 Å². The van der Waals surface area contributed by atoms with Crippen molar-refractivity contribution >= 4 is 17.6 Å². The summed E-state index contributed by atoms with van der Waals surface area (Å²) in [4.78, 5) is 32.9. The topological polar surface area (TPSA) is 59.1 Å². The molecule has 4 rings (SSSR count). The van der Waals surface area contributed by atoms with Gasteiger partial charge in [-0.25, -0.2) is 9.18 Å². The van der Waals surface area contributed by atoms with Crippen LogP contribution in [0.4, 0.5) is 14.9 Å². The minimum absolute atomic E-state index is 0.193. The van der Waals surface area contributed by atoms with Gasteiger partial charge in [0.15, 0.2) is 0 Å². The van der Waals surface area contributed by atoms with Crippen LogP contribution >= 0.6 is 0 Å². The molecule has 3 aliphatic heterocycles. The van der Waals surface area contributed by atoms with Crippen LogP contribution < -0.4 is 10.2 Å². The highest BCUT2D eigenvalue weighted by molar-refractivity contribution is 6.00. The molecule has 1 aromatic carbocycles. The second kappa shape index (κ2) is 6.61. The number of carbonyl (C=O) groups excluding carboxylic acids is 2. The number of carbonyl (C=O) groups is 2. The lowest BCUT2D eigenvalue weighted by molar-refractivity contribution is -0.138. The number of benzene rings is 1. The van der Waals surface area contributed by atoms with Gasteiger partial charge in [-0.1, -0.05) is 12.2 Å². The number of halogens is 1. The summed E-state index contributed by atoms with van der Waals surface area (Å²) < 4.78 is 13.3. The molecule has 0 radical (unpaired) electrons. The third-order valence-electron chi connectivity index (χ3n) is 5.46. The maximum absolute atomic E-state index is 13.3. The predicted molar refractivity (Wildman–Crippen MR) is 99.3 cm³/mol. The second-order valence-electron chi connectivity index (χ2n) is 7.47. The van der Waals surface area contributed by atoms with E-state index >= 15 is 0 Å². The van der Waals surface area contributed by atoms with Crippen molar-refractivity contribution in [2.75, 3.05) is 31.6 Å². The molecule has 1 aromatic rings. The number of hydrogen-bond acceptors (Lipinski definition) is 5. The molecule has 3 aliphatic rings. The Labute approximate surface area is 158 Å². The summed E-state index contributed by atoms with van der Waals surface area (Å²) >= 11 is 0. The molecule has 8 heteroatoms. The highest BCUT2D eigenvalue weighted by atomic mass is 19.1. The number of rotatable bonds is 3. The summed E-state index contributed by atoms with van der Waals surface area (Å²) in [6.45, 7) is 7.42. The van der Waals surface area contributed by atoms with Crippen LogP contribution in [0.5, 0.6) is 0 Å². The smallest absolute Gasteiger partial charge is 0.328 e. The number of likely N-dealkylation sites (N-methyl/N-ethyl adjacent to an activating group) is 1. The number of anilines is 1. The SMILES string of the molecule is C=C(C)CN1C(=O)C2C(NC3N(c4ccc(F)cc4)CCCN23)N(C)C1=O. The quantitative estimate of drug-likeness (QED) is 0.812. The van der Waals surface area contributed by atoms with E-state index in [2.05, 4.69) is 21.7 Å². The van der Waals surface area contributed by atoms with Gasteiger partial charge in [0.05, 0.1) is 6.54 Å². The van der Waals surface area contributed by atoms with E-state index in [0.717, 1.165) is 30.8 Å². The van der Waals surface area contributed by atoms with Gasteiger partial charge in [0.25, 0.3) is 5.91 Å². The van der Waals surface area contributed by atoms with E-state index in [1.165, 1.54) is 17.0 Å². The summed E-state index contributed by atoms with van der Waals surface area (Å²) in [5.74, 6) is -0.473. The van der Waals surface area contributed by atoms with E-state index in [1.54, 1.807) is 31.0 Å². The number of hydrogen-bond donors (Lipinski definition) is 1. The summed E-state index contributed by atoms with van der Waals surface area (Å²) in [5.41, 5.74) is 1.65. The first kappa shape index (κ1) is 17.9. The number of imide groups is 1. The zero-order valence-electron chi connectivity index (χ0n) is 15.6. The van der Waals surface area contributed by atoms with Crippen LogP contribution in [0, 0.1) is 5.82 Å². The van der Waals surface area contributed by atoms with Crippen molar-refractivity contribution in [3.05, 3.63) is 42.2 Å². The molecular formula is C19H24FN5O2. The molecule has 144 valence electrons. The highest BCUT2D eigenvalue weighted by Crippen LogP contribution is 2.33. The third-order valence-corrected chi connectivity index (χ3v) is 5.46. The fourth-order valence-electron chi connectivity index (χ4n) is 4.23. The Bertz CT molecular complexity index is 783. The van der Waals surface area contributed by atoms with Crippen LogP contribution in [0.2, 0.25) is 0 Å². The average Bonchev–Trinajstić information content (AvgIpc) is 3.04. The predicted octanol–water partition coefficient (Wildman–Crippen LogP) is 1.39. The first-order chi connectivity index (χ1) is 12.9. The maximum atomic E-state index is 13.3. The standard InChI is InChI=1S/C19H24FN5O2/c1-12(2)11-25-17(26)15-16(22(3)19(25)27)21-18-23(9-4-10-24(15)18)14-7-5-13(20)6-8-14/h5-8,15-16,18,21H,1,4,9-11H2,2-3H3. The Morgan fingerprint density at radius 3 is 2.63 bits per heavy atom. The Morgan fingerprint density at radius 2 is 1.96 bits per heavy atom. The summed E-state index contributed by atoms with van der Waals surface area (Å²) in [6, 6.07) is 5.60. The van der Waals surface area contributed by atoms with Crippen LogP contribution in [-0.2, 0) is 4.79 Å². The van der Waals surface area contributed by atoms with Gasteiger partial charge in [0.2, 0.25) is 0 Å². The molecule has 3 unspecified atom stereocenters. The first-order valence-corrected chi connectivity index (χ1v) is 9.15. The van der Waals surface area contributed by atoms with Crippen molar-refractivity contribution in [3.8, 4) is 0 Å². The molecule has 0 bridgehead atoms. The van der Waals surface area contributed by atoms with Gasteiger partial charge in [0, 0.05) is 25.8 Å². The van der Waals surface area contributed by atoms with Gasteiger partial charge >= 0.3 is 6.03 Å². The normalized spacial score (nSPS) is 28.4. The lowest BCUT2D eigenvalue weighted by Gasteiger charge is -2.43. The molecule has 0 spiro atoms. The minimum atomic E-state index is -0.444. The van der Waals surface area contributed by atoms with E-state index in [4.69, 9.17) is 0 Å². The maximum Gasteiger partial charge on any atom is 0.328 e. The van der Waals surface area contributed by atoms with Gasteiger partial charge in [0.1, 0.15) is 24.3 Å². The Hall–Kier alpha value is -2.45. The van der Waals surface area contributed by atoms with Crippen molar-refractivity contribution in [3.63, 3.8) is 0 Å². The number of nitrogens with zero attached hydrogens (tertiary/aromatic N) is 4. The van der Waals surface area contributed by atoms with Crippen molar-refractivity contribution in [1.82, 2.24) is 20.0 Å². The molecule has 3 amide bonds. The molecule has 3 heterocycles. The van der Waals surface area contributed by atoms with Crippen molar-refractivity contribution in [2.45, 2.75) is 31.8 Å². The summed E-state index contributed by atoms with van der Waals surface area (Å²) in [7, 11) is 1.71. The van der Waals surface area contributed by atoms with E-state index in [-0.39, 0.29) is 30.6 Å². The Kier molecular flexibility index (Phi) is 4.39. The molecule has 3 fully saturated rings. The molecule has 3 saturated heterocycles. The van der Waals surface area contributed by atoms with Crippen LogP contribution in [0.3, 0.4) is 0 Å². The average molecular weight is 373 g/mol. The molecule has 7 nitrogen and oxygen atoms in total. The zero-order chi connectivity index (χ0) is 19.3. The van der Waals surface area contributed by atoms with E-state index in [1.807, 2.05) is 0 Å². The Balaban J connectivity index is 1.65. The lowest BCUT2D eigenvalue weighted by Crippen LogP contribution is -2.66. The fraction of sp³-hybridized carbons (Fsp3) is 0.474. The minimum Gasteiger partial charge on any atom is -0.343 e. The highest BCUT2D eigenvalue weighted by Gasteiger charge is 2.55. The molecule has 3 atom stereocenters. The molecular weight excluding hydrogens is 349 g/mol. The Morgan fingerprint density at radius 1 is 1.26 bits per heavy atom. The van der Waals surface area contributed by atoms with Crippen LogP contribution in [0.1, 0.15) is 13.3 Å². The van der Waals surface area contributed by atoms with Crippen LogP contribution in [-0.4, -0.2) is 71.8 Å². The first-order valence-electron chi connectivity index (χ1n) is 9.15. The van der Waals surface area contributed by atoms with Crippen molar-refractivity contribution < 1.29 is 14.0 Å². The summed E-state index contributed by atoms with van der Waals surface area (Å²) in [6.07, 6.45) is 0.269. The van der Waals surface area contributed by atoms with Gasteiger partial charge in [-0.05, 0) is 37.6 Å². The molecule has 1 N–H and O–H groups in total. The van der Waals surface area contributed by atoms with Gasteiger partial charge < -0.3 is 9.80 Å². The van der Waals surface area contributed by atoms with Crippen molar-refractivity contribution in [2.24, 2.45) is 0 Å². The largest absolute Gasteiger partial charge is 0.343 e. The van der Waals surface area contributed by atoms with E-state index < -0.39 is 12.2 Å². The molecule has 0 aliphatic carbocycles. The van der Waals surface area contributed by atoms with Crippen molar-refractivity contribution in [1.29, 1.82) is 0 Å². The van der Waals surface area contributed by atoms with E-state index in [9.17, 15) is 14.0 Å². The van der Waals surface area contributed by atoms with Gasteiger partial charge in [-0.15, -0.1) is 0 Å².